The molecule has 0 aliphatic carbocycles. The fraction of sp³-hybridized carbons (Fsp3) is 0.269. The molecular formula is C26H28N6O. The van der Waals surface area contributed by atoms with E-state index in [9.17, 15) is 4.79 Å². The maximum Gasteiger partial charge on any atom is 0.251 e. The van der Waals surface area contributed by atoms with Gasteiger partial charge < -0.3 is 15.5 Å². The topological polar surface area (TPSA) is 74.6 Å². The molecule has 0 radical (unpaired) electrons. The van der Waals surface area contributed by atoms with E-state index in [0.29, 0.717) is 18.2 Å². The number of carbonyl (C=O) groups is 1. The van der Waals surface area contributed by atoms with Gasteiger partial charge in [0.15, 0.2) is 5.65 Å². The second-order valence-corrected chi connectivity index (χ2v) is 8.60. The molecule has 0 unspecified atom stereocenters. The number of amides is 1. The number of piperidine rings is 1. The summed E-state index contributed by atoms with van der Waals surface area (Å²) >= 11 is 0. The molecule has 7 nitrogen and oxygen atoms in total. The largest absolute Gasteiger partial charge is 0.366 e. The zero-order chi connectivity index (χ0) is 22.6. The van der Waals surface area contributed by atoms with E-state index in [0.717, 1.165) is 54.2 Å². The predicted molar refractivity (Wildman–Crippen MR) is 130 cm³/mol. The number of hydrogen-bond donors (Lipinski definition) is 2. The van der Waals surface area contributed by atoms with Crippen molar-refractivity contribution in [2.24, 2.45) is 0 Å². The Kier molecular flexibility index (Phi) is 6.04. The minimum Gasteiger partial charge on any atom is -0.366 e. The smallest absolute Gasteiger partial charge is 0.251 e. The number of fused-ring (bicyclic) bond motifs is 1. The fourth-order valence-electron chi connectivity index (χ4n) is 4.18. The van der Waals surface area contributed by atoms with Crippen molar-refractivity contribution >= 4 is 17.4 Å². The van der Waals surface area contributed by atoms with Gasteiger partial charge in [-0.2, -0.15) is 0 Å². The number of nitrogens with one attached hydrogen (secondary N) is 2. The molecule has 0 saturated carbocycles. The summed E-state index contributed by atoms with van der Waals surface area (Å²) in [5.74, 6) is 0.763. The Balaban J connectivity index is 1.29. The van der Waals surface area contributed by atoms with Crippen LogP contribution in [0, 0.1) is 0 Å². The van der Waals surface area contributed by atoms with Crippen LogP contribution in [0.25, 0.3) is 16.9 Å². The number of rotatable bonds is 6. The standard InChI is InChI=1S/C26H28N6O/c1-31-15-13-22(14-16-31)29-24-11-12-25-27-18-23(32(25)30-24)20-7-9-21(10-8-20)26(33)28-17-19-5-3-2-4-6-19/h2-12,18,22H,13-17H2,1H3,(H,28,33)(H,29,30). The van der Waals surface area contributed by atoms with E-state index in [2.05, 4.69) is 27.6 Å². The first-order chi connectivity index (χ1) is 16.2. The average molecular weight is 441 g/mol. The molecule has 2 aromatic heterocycles. The first-order valence-corrected chi connectivity index (χ1v) is 11.4. The van der Waals surface area contributed by atoms with Crippen molar-refractivity contribution < 1.29 is 4.79 Å². The van der Waals surface area contributed by atoms with Crippen LogP contribution in [0.5, 0.6) is 0 Å². The molecule has 33 heavy (non-hydrogen) atoms. The van der Waals surface area contributed by atoms with Crippen LogP contribution in [0.2, 0.25) is 0 Å². The number of hydrogen-bond acceptors (Lipinski definition) is 5. The molecule has 1 aliphatic rings. The summed E-state index contributed by atoms with van der Waals surface area (Å²) in [6.45, 7) is 2.70. The molecule has 2 aromatic carbocycles. The number of aromatic nitrogens is 3. The summed E-state index contributed by atoms with van der Waals surface area (Å²) < 4.78 is 1.86. The second kappa shape index (κ2) is 9.42. The number of imidazole rings is 1. The van der Waals surface area contributed by atoms with Crippen molar-refractivity contribution in [2.45, 2.75) is 25.4 Å². The van der Waals surface area contributed by atoms with Crippen LogP contribution in [-0.2, 0) is 6.54 Å². The second-order valence-electron chi connectivity index (χ2n) is 8.60. The highest BCUT2D eigenvalue weighted by molar-refractivity contribution is 5.94. The van der Waals surface area contributed by atoms with E-state index in [4.69, 9.17) is 5.10 Å². The molecule has 168 valence electrons. The molecule has 4 aromatic rings. The van der Waals surface area contributed by atoms with Crippen molar-refractivity contribution in [3.8, 4) is 11.3 Å². The van der Waals surface area contributed by atoms with Gasteiger partial charge in [-0.15, -0.1) is 5.10 Å². The molecule has 0 atom stereocenters. The molecule has 1 amide bonds. The Labute approximate surface area is 193 Å². The van der Waals surface area contributed by atoms with Gasteiger partial charge in [-0.1, -0.05) is 42.5 Å². The van der Waals surface area contributed by atoms with Gasteiger partial charge in [0.25, 0.3) is 5.91 Å². The van der Waals surface area contributed by atoms with Crippen molar-refractivity contribution in [1.82, 2.24) is 24.8 Å². The molecule has 3 heterocycles. The van der Waals surface area contributed by atoms with Crippen molar-refractivity contribution in [1.29, 1.82) is 0 Å². The minimum absolute atomic E-state index is 0.0914. The minimum atomic E-state index is -0.0914. The van der Waals surface area contributed by atoms with Crippen LogP contribution >= 0.6 is 0 Å². The van der Waals surface area contributed by atoms with Gasteiger partial charge in [0.1, 0.15) is 5.82 Å². The van der Waals surface area contributed by atoms with E-state index in [1.165, 1.54) is 0 Å². The average Bonchev–Trinajstić information content (AvgIpc) is 3.28. The lowest BCUT2D eigenvalue weighted by molar-refractivity contribution is 0.0951. The molecule has 0 bridgehead atoms. The SMILES string of the molecule is CN1CCC(Nc2ccc3ncc(-c4ccc(C(=O)NCc5ccccc5)cc4)n3n2)CC1. The van der Waals surface area contributed by atoms with Crippen molar-refractivity contribution in [3.63, 3.8) is 0 Å². The third-order valence-corrected chi connectivity index (χ3v) is 6.17. The van der Waals surface area contributed by atoms with E-state index >= 15 is 0 Å². The van der Waals surface area contributed by atoms with Crippen LogP contribution in [0.3, 0.4) is 0 Å². The molecule has 5 rings (SSSR count). The zero-order valence-corrected chi connectivity index (χ0v) is 18.7. The van der Waals surface area contributed by atoms with Gasteiger partial charge in [0.05, 0.1) is 11.9 Å². The predicted octanol–water partition coefficient (Wildman–Crippen LogP) is 3.83. The Morgan fingerprint density at radius 2 is 1.76 bits per heavy atom. The van der Waals surface area contributed by atoms with Gasteiger partial charge >= 0.3 is 0 Å². The molecular weight excluding hydrogens is 412 g/mol. The van der Waals surface area contributed by atoms with E-state index < -0.39 is 0 Å². The Hall–Kier alpha value is -3.71. The number of nitrogens with zero attached hydrogens (tertiary/aromatic N) is 4. The summed E-state index contributed by atoms with van der Waals surface area (Å²) in [6, 6.07) is 21.9. The normalized spacial score (nSPS) is 14.9. The van der Waals surface area contributed by atoms with Gasteiger partial charge in [0.2, 0.25) is 0 Å². The zero-order valence-electron chi connectivity index (χ0n) is 18.7. The van der Waals surface area contributed by atoms with Gasteiger partial charge in [-0.05, 0) is 62.8 Å². The maximum atomic E-state index is 12.5. The number of likely N-dealkylation sites (tertiary alicyclic amines) is 1. The summed E-state index contributed by atoms with van der Waals surface area (Å²) in [7, 11) is 2.16. The third kappa shape index (κ3) is 4.88. The quantitative estimate of drug-likeness (QED) is 0.477. The highest BCUT2D eigenvalue weighted by Gasteiger charge is 2.17. The number of carbonyl (C=O) groups excluding carboxylic acids is 1. The van der Waals surface area contributed by atoms with Gasteiger partial charge in [0, 0.05) is 23.7 Å². The summed E-state index contributed by atoms with van der Waals surface area (Å²) in [5, 5.41) is 11.3. The summed E-state index contributed by atoms with van der Waals surface area (Å²) in [5.41, 5.74) is 4.35. The summed E-state index contributed by atoms with van der Waals surface area (Å²) in [6.07, 6.45) is 4.05. The molecule has 0 spiro atoms. The van der Waals surface area contributed by atoms with Crippen LogP contribution < -0.4 is 10.6 Å². The molecule has 2 N–H and O–H groups in total. The molecule has 1 saturated heterocycles. The first-order valence-electron chi connectivity index (χ1n) is 11.4. The Bertz CT molecular complexity index is 1230. The highest BCUT2D eigenvalue weighted by Crippen LogP contribution is 2.22. The van der Waals surface area contributed by atoms with Gasteiger partial charge in [-0.3, -0.25) is 4.79 Å². The lowest BCUT2D eigenvalue weighted by Crippen LogP contribution is -2.36. The summed E-state index contributed by atoms with van der Waals surface area (Å²) in [4.78, 5) is 19.4. The number of anilines is 1. The van der Waals surface area contributed by atoms with Crippen molar-refractivity contribution in [2.75, 3.05) is 25.5 Å². The lowest BCUT2D eigenvalue weighted by atomic mass is 10.1. The molecule has 1 fully saturated rings. The van der Waals surface area contributed by atoms with E-state index in [-0.39, 0.29) is 5.91 Å². The van der Waals surface area contributed by atoms with Gasteiger partial charge in [-0.25, -0.2) is 9.50 Å². The first kappa shape index (κ1) is 21.2. The fourth-order valence-corrected chi connectivity index (χ4v) is 4.18. The molecule has 1 aliphatic heterocycles. The maximum absolute atomic E-state index is 12.5. The lowest BCUT2D eigenvalue weighted by Gasteiger charge is -2.29. The Morgan fingerprint density at radius 1 is 1.00 bits per heavy atom. The Morgan fingerprint density at radius 3 is 2.52 bits per heavy atom. The number of benzene rings is 2. The van der Waals surface area contributed by atoms with Crippen LogP contribution in [0.4, 0.5) is 5.82 Å². The molecule has 7 heteroatoms. The monoisotopic (exact) mass is 440 g/mol. The highest BCUT2D eigenvalue weighted by atomic mass is 16.1. The van der Waals surface area contributed by atoms with E-state index in [1.807, 2.05) is 77.4 Å². The van der Waals surface area contributed by atoms with Crippen molar-refractivity contribution in [3.05, 3.63) is 84.1 Å². The van der Waals surface area contributed by atoms with E-state index in [1.54, 1.807) is 0 Å². The van der Waals surface area contributed by atoms with Crippen LogP contribution in [-0.4, -0.2) is 51.6 Å². The third-order valence-electron chi connectivity index (χ3n) is 6.17. The van der Waals surface area contributed by atoms with Crippen LogP contribution in [0.15, 0.2) is 72.9 Å². The van der Waals surface area contributed by atoms with Crippen LogP contribution in [0.1, 0.15) is 28.8 Å².